The van der Waals surface area contributed by atoms with Gasteiger partial charge in [0.1, 0.15) is 5.78 Å². The average molecular weight is 303 g/mol. The SMILES string of the molecule is C[C@]12CCC(=O)NC1=CCC1C2C(O)C[C@]2(C)C(=O)CCC12. The van der Waals surface area contributed by atoms with E-state index in [1.807, 2.05) is 0 Å². The molecule has 1 heterocycles. The van der Waals surface area contributed by atoms with E-state index in [0.29, 0.717) is 36.9 Å². The maximum Gasteiger partial charge on any atom is 0.224 e. The van der Waals surface area contributed by atoms with Gasteiger partial charge in [-0.15, -0.1) is 0 Å². The molecule has 0 radical (unpaired) electrons. The van der Waals surface area contributed by atoms with Gasteiger partial charge >= 0.3 is 0 Å². The third kappa shape index (κ3) is 1.67. The van der Waals surface area contributed by atoms with Crippen LogP contribution in [0, 0.1) is 28.6 Å². The van der Waals surface area contributed by atoms with E-state index in [1.54, 1.807) is 0 Å². The summed E-state index contributed by atoms with van der Waals surface area (Å²) in [6, 6.07) is 0. The zero-order valence-corrected chi connectivity index (χ0v) is 13.4. The highest BCUT2D eigenvalue weighted by Crippen LogP contribution is 2.62. The van der Waals surface area contributed by atoms with E-state index >= 15 is 0 Å². The average Bonchev–Trinajstić information content (AvgIpc) is 2.75. The van der Waals surface area contributed by atoms with Crippen LogP contribution in [0.25, 0.3) is 0 Å². The Morgan fingerprint density at radius 2 is 2.00 bits per heavy atom. The van der Waals surface area contributed by atoms with E-state index in [9.17, 15) is 14.7 Å². The van der Waals surface area contributed by atoms with Crippen LogP contribution in [0.1, 0.15) is 52.4 Å². The Morgan fingerprint density at radius 1 is 1.23 bits per heavy atom. The first-order chi connectivity index (χ1) is 10.4. The standard InChI is InChI=1S/C18H25NO3/c1-17-8-7-15(22)19-13(17)5-3-10-11-4-6-14(21)18(11,2)9-12(20)16(10)17/h5,10-12,16,20H,3-4,6-9H2,1-2H3,(H,19,22)/t10?,11?,12?,16?,17-,18-/m0/s1. The smallest absolute Gasteiger partial charge is 0.224 e. The minimum absolute atomic E-state index is 0.0911. The number of nitrogens with one attached hydrogen (secondary N) is 1. The number of carbonyl (C=O) groups is 2. The molecular weight excluding hydrogens is 278 g/mol. The molecular formula is C18H25NO3. The highest BCUT2D eigenvalue weighted by atomic mass is 16.3. The topological polar surface area (TPSA) is 66.4 Å². The second kappa shape index (κ2) is 4.44. The first-order valence-electron chi connectivity index (χ1n) is 8.58. The van der Waals surface area contributed by atoms with E-state index < -0.39 is 6.10 Å². The van der Waals surface area contributed by atoms with Gasteiger partial charge in [0.25, 0.3) is 0 Å². The molecule has 3 aliphatic carbocycles. The molecule has 4 nitrogen and oxygen atoms in total. The monoisotopic (exact) mass is 303 g/mol. The van der Waals surface area contributed by atoms with Gasteiger partial charge in [-0.05, 0) is 43.4 Å². The van der Waals surface area contributed by atoms with Gasteiger partial charge in [-0.25, -0.2) is 0 Å². The quantitative estimate of drug-likeness (QED) is 0.721. The Hall–Kier alpha value is -1.16. The molecule has 0 bridgehead atoms. The number of aliphatic hydroxyl groups excluding tert-OH is 1. The summed E-state index contributed by atoms with van der Waals surface area (Å²) in [7, 11) is 0. The second-order valence-electron chi connectivity index (χ2n) is 8.27. The van der Waals surface area contributed by atoms with Crippen LogP contribution in [0.5, 0.6) is 0 Å². The van der Waals surface area contributed by atoms with E-state index in [-0.39, 0.29) is 22.7 Å². The van der Waals surface area contributed by atoms with Crippen molar-refractivity contribution in [1.29, 1.82) is 0 Å². The van der Waals surface area contributed by atoms with E-state index in [0.717, 1.165) is 25.0 Å². The summed E-state index contributed by atoms with van der Waals surface area (Å²) >= 11 is 0. The van der Waals surface area contributed by atoms with Crippen LogP contribution >= 0.6 is 0 Å². The maximum atomic E-state index is 12.4. The van der Waals surface area contributed by atoms with Crippen molar-refractivity contribution in [2.75, 3.05) is 0 Å². The molecule has 3 fully saturated rings. The zero-order chi connectivity index (χ0) is 15.7. The molecule has 22 heavy (non-hydrogen) atoms. The second-order valence-corrected chi connectivity index (χ2v) is 8.27. The van der Waals surface area contributed by atoms with Crippen LogP contribution in [-0.2, 0) is 9.59 Å². The Morgan fingerprint density at radius 3 is 2.77 bits per heavy atom. The fourth-order valence-electron chi connectivity index (χ4n) is 6.10. The number of fused-ring (bicyclic) bond motifs is 5. The van der Waals surface area contributed by atoms with Gasteiger partial charge in [-0.1, -0.05) is 19.9 Å². The number of aliphatic hydroxyl groups is 1. The lowest BCUT2D eigenvalue weighted by Crippen LogP contribution is -2.58. The number of piperidine rings is 1. The van der Waals surface area contributed by atoms with Crippen LogP contribution in [0.3, 0.4) is 0 Å². The normalized spacial score (nSPS) is 50.6. The van der Waals surface area contributed by atoms with Crippen molar-refractivity contribution in [3.63, 3.8) is 0 Å². The third-order valence-corrected chi connectivity index (χ3v) is 7.25. The number of hydrogen-bond acceptors (Lipinski definition) is 3. The van der Waals surface area contributed by atoms with Crippen molar-refractivity contribution in [1.82, 2.24) is 5.32 Å². The first-order valence-corrected chi connectivity index (χ1v) is 8.58. The molecule has 6 atom stereocenters. The Kier molecular flexibility index (Phi) is 2.91. The lowest BCUT2D eigenvalue weighted by molar-refractivity contribution is -0.146. The van der Waals surface area contributed by atoms with Gasteiger partial charge < -0.3 is 10.4 Å². The van der Waals surface area contributed by atoms with Crippen molar-refractivity contribution in [2.24, 2.45) is 28.6 Å². The predicted molar refractivity (Wildman–Crippen MR) is 81.6 cm³/mol. The number of ketones is 1. The molecule has 4 rings (SSSR count). The van der Waals surface area contributed by atoms with E-state index in [1.165, 1.54) is 0 Å². The van der Waals surface area contributed by atoms with Crippen molar-refractivity contribution < 1.29 is 14.7 Å². The highest BCUT2D eigenvalue weighted by Gasteiger charge is 2.61. The maximum absolute atomic E-state index is 12.4. The lowest BCUT2D eigenvalue weighted by atomic mass is 9.49. The van der Waals surface area contributed by atoms with Crippen LogP contribution in [0.2, 0.25) is 0 Å². The summed E-state index contributed by atoms with van der Waals surface area (Å²) in [6.07, 6.45) is 6.16. The molecule has 4 heteroatoms. The van der Waals surface area contributed by atoms with Gasteiger partial charge in [0.2, 0.25) is 5.91 Å². The molecule has 4 aliphatic rings. The lowest BCUT2D eigenvalue weighted by Gasteiger charge is -2.57. The molecule has 0 aromatic rings. The van der Waals surface area contributed by atoms with Crippen LogP contribution in [-0.4, -0.2) is 22.9 Å². The van der Waals surface area contributed by atoms with Crippen molar-refractivity contribution in [3.8, 4) is 0 Å². The summed E-state index contributed by atoms with van der Waals surface area (Å²) in [6.45, 7) is 4.26. The number of carbonyl (C=O) groups excluding carboxylic acids is 2. The van der Waals surface area contributed by atoms with Gasteiger partial charge in [-0.2, -0.15) is 0 Å². The summed E-state index contributed by atoms with van der Waals surface area (Å²) in [4.78, 5) is 24.1. The molecule has 2 N–H and O–H groups in total. The summed E-state index contributed by atoms with van der Waals surface area (Å²) in [5.41, 5.74) is 0.528. The van der Waals surface area contributed by atoms with Crippen LogP contribution in [0.4, 0.5) is 0 Å². The number of allylic oxidation sites excluding steroid dienone is 2. The first kappa shape index (κ1) is 14.4. The van der Waals surface area contributed by atoms with Crippen LogP contribution in [0.15, 0.2) is 11.8 Å². The van der Waals surface area contributed by atoms with Crippen molar-refractivity contribution in [2.45, 2.75) is 58.5 Å². The van der Waals surface area contributed by atoms with Gasteiger partial charge in [0, 0.05) is 29.4 Å². The minimum Gasteiger partial charge on any atom is -0.393 e. The zero-order valence-electron chi connectivity index (χ0n) is 13.4. The predicted octanol–water partition coefficient (Wildman–Crippen LogP) is 2.17. The Balaban J connectivity index is 1.76. The molecule has 1 saturated heterocycles. The molecule has 4 unspecified atom stereocenters. The summed E-state index contributed by atoms with van der Waals surface area (Å²) in [5.74, 6) is 1.35. The highest BCUT2D eigenvalue weighted by molar-refractivity contribution is 5.87. The Bertz CT molecular complexity index is 583. The van der Waals surface area contributed by atoms with Gasteiger partial charge in [-0.3, -0.25) is 9.59 Å². The minimum atomic E-state index is -0.447. The summed E-state index contributed by atoms with van der Waals surface area (Å²) < 4.78 is 0. The molecule has 0 aromatic heterocycles. The van der Waals surface area contributed by atoms with Gasteiger partial charge in [0.05, 0.1) is 6.10 Å². The van der Waals surface area contributed by atoms with Crippen LogP contribution < -0.4 is 5.32 Å². The molecule has 1 aliphatic heterocycles. The summed E-state index contributed by atoms with van der Waals surface area (Å²) in [5, 5.41) is 13.9. The molecule has 0 aromatic carbocycles. The molecule has 2 saturated carbocycles. The van der Waals surface area contributed by atoms with E-state index in [2.05, 4.69) is 25.2 Å². The number of rotatable bonds is 0. The largest absolute Gasteiger partial charge is 0.393 e. The number of hydrogen-bond donors (Lipinski definition) is 2. The third-order valence-electron chi connectivity index (χ3n) is 7.25. The molecule has 120 valence electrons. The number of Topliss-reactive ketones (excluding diaryl/α,β-unsaturated/α-hetero) is 1. The fraction of sp³-hybridized carbons (Fsp3) is 0.778. The van der Waals surface area contributed by atoms with Crippen molar-refractivity contribution >= 4 is 11.7 Å². The molecule has 1 amide bonds. The van der Waals surface area contributed by atoms with E-state index in [4.69, 9.17) is 0 Å². The molecule has 0 spiro atoms. The van der Waals surface area contributed by atoms with Gasteiger partial charge in [0.15, 0.2) is 0 Å². The fourth-order valence-corrected chi connectivity index (χ4v) is 6.10. The number of amides is 1. The van der Waals surface area contributed by atoms with Crippen molar-refractivity contribution in [3.05, 3.63) is 11.8 Å². The Labute approximate surface area is 131 Å².